The number of hydrogen-bond donors (Lipinski definition) is 2. The minimum absolute atomic E-state index is 0.220. The molecule has 6 atom stereocenters. The third kappa shape index (κ3) is 3.34. The fraction of sp³-hybridized carbons (Fsp3) is 0.857. The van der Waals surface area contributed by atoms with Gasteiger partial charge in [0.05, 0.1) is 30.8 Å². The topological polar surface area (TPSA) is 105 Å². The Morgan fingerprint density at radius 2 is 2.07 bits per heavy atom. The van der Waals surface area contributed by atoms with Crippen LogP contribution in [0.4, 0.5) is 0 Å². The molecule has 0 aromatic rings. The van der Waals surface area contributed by atoms with Crippen molar-refractivity contribution in [3.05, 3.63) is 0 Å². The molecule has 0 aromatic carbocycles. The van der Waals surface area contributed by atoms with Gasteiger partial charge in [-0.15, -0.1) is 0 Å². The molecule has 164 valence electrons. The molecule has 3 rings (SSSR count). The first-order valence-electron chi connectivity index (χ1n) is 10.8. The number of nitrogens with one attached hydrogen (secondary N) is 1. The Morgan fingerprint density at radius 3 is 2.69 bits per heavy atom. The Balaban J connectivity index is 1.95. The molecule has 3 aliphatic rings. The second-order valence-electron chi connectivity index (χ2n) is 8.75. The smallest absolute Gasteiger partial charge is 0.312 e. The van der Waals surface area contributed by atoms with Gasteiger partial charge in [0.2, 0.25) is 11.8 Å². The molecule has 3 saturated heterocycles. The Morgan fingerprint density at radius 1 is 1.34 bits per heavy atom. The molecule has 0 radical (unpaired) electrons. The van der Waals surface area contributed by atoms with Crippen molar-refractivity contribution in [2.24, 2.45) is 11.8 Å². The van der Waals surface area contributed by atoms with Gasteiger partial charge in [-0.3, -0.25) is 14.4 Å². The Bertz CT molecular complexity index is 670. The average molecular weight is 411 g/mol. The van der Waals surface area contributed by atoms with E-state index in [2.05, 4.69) is 12.2 Å². The maximum absolute atomic E-state index is 13.5. The number of amides is 2. The van der Waals surface area contributed by atoms with Crippen LogP contribution in [0.5, 0.6) is 0 Å². The van der Waals surface area contributed by atoms with Crippen molar-refractivity contribution in [3.8, 4) is 0 Å². The summed E-state index contributed by atoms with van der Waals surface area (Å²) in [6, 6.07) is -1.41. The van der Waals surface area contributed by atoms with Gasteiger partial charge in [-0.05, 0) is 40.0 Å². The van der Waals surface area contributed by atoms with Crippen LogP contribution in [0.1, 0.15) is 59.8 Å². The summed E-state index contributed by atoms with van der Waals surface area (Å²) in [7, 11) is 0. The van der Waals surface area contributed by atoms with Gasteiger partial charge in [0, 0.05) is 6.54 Å². The molecule has 3 heterocycles. The summed E-state index contributed by atoms with van der Waals surface area (Å²) in [6.45, 7) is 7.84. The monoisotopic (exact) mass is 410 g/mol. The van der Waals surface area contributed by atoms with E-state index < -0.39 is 41.1 Å². The molecule has 8 nitrogen and oxygen atoms in total. The molecule has 2 N–H and O–H groups in total. The second-order valence-corrected chi connectivity index (χ2v) is 8.75. The number of esters is 1. The van der Waals surface area contributed by atoms with Crippen molar-refractivity contribution in [2.45, 2.75) is 83.1 Å². The number of nitrogens with zero attached hydrogens (tertiary/aromatic N) is 1. The van der Waals surface area contributed by atoms with Gasteiger partial charge in [0.1, 0.15) is 17.6 Å². The first-order valence-corrected chi connectivity index (χ1v) is 10.8. The van der Waals surface area contributed by atoms with E-state index in [1.165, 1.54) is 4.90 Å². The van der Waals surface area contributed by atoms with Crippen LogP contribution in [-0.2, 0) is 23.9 Å². The first kappa shape index (κ1) is 22.0. The zero-order chi connectivity index (χ0) is 21.4. The molecule has 29 heavy (non-hydrogen) atoms. The van der Waals surface area contributed by atoms with Crippen LogP contribution in [0.15, 0.2) is 0 Å². The molecule has 0 aromatic heterocycles. The van der Waals surface area contributed by atoms with Crippen molar-refractivity contribution in [1.29, 1.82) is 0 Å². The SMILES string of the molecule is CCCCCNC(=O)C1N([C@H](C)CO)C(=O)[C@@H]2[C@H](C(=O)OCC)[C@]3(C)CCC12O3. The number of ether oxygens (including phenoxy) is 2. The summed E-state index contributed by atoms with van der Waals surface area (Å²) in [4.78, 5) is 40.9. The normalized spacial score (nSPS) is 36.2. The van der Waals surface area contributed by atoms with Gasteiger partial charge >= 0.3 is 5.97 Å². The summed E-state index contributed by atoms with van der Waals surface area (Å²) in [6.07, 6.45) is 4.02. The van der Waals surface area contributed by atoms with Gasteiger partial charge in [0.25, 0.3) is 0 Å². The summed E-state index contributed by atoms with van der Waals surface area (Å²) in [5.41, 5.74) is -1.87. The molecule has 0 saturated carbocycles. The molecular weight excluding hydrogens is 376 g/mol. The van der Waals surface area contributed by atoms with E-state index in [1.54, 1.807) is 13.8 Å². The molecular formula is C21H34N2O6. The highest BCUT2D eigenvalue weighted by Gasteiger charge is 2.78. The summed E-state index contributed by atoms with van der Waals surface area (Å²) < 4.78 is 11.7. The van der Waals surface area contributed by atoms with E-state index in [0.717, 1.165) is 19.3 Å². The molecule has 1 spiro atoms. The Hall–Kier alpha value is -1.67. The van der Waals surface area contributed by atoms with Crippen molar-refractivity contribution >= 4 is 17.8 Å². The molecule has 3 aliphatic heterocycles. The maximum atomic E-state index is 13.5. The number of fused-ring (bicyclic) bond motifs is 1. The van der Waals surface area contributed by atoms with Gasteiger partial charge < -0.3 is 24.8 Å². The third-order valence-electron chi connectivity index (χ3n) is 6.82. The van der Waals surface area contributed by atoms with E-state index >= 15 is 0 Å². The predicted molar refractivity (Wildman–Crippen MR) is 105 cm³/mol. The van der Waals surface area contributed by atoms with Gasteiger partial charge in [0.15, 0.2) is 0 Å². The molecule has 2 amide bonds. The van der Waals surface area contributed by atoms with Crippen LogP contribution in [0.3, 0.4) is 0 Å². The summed E-state index contributed by atoms with van der Waals surface area (Å²) in [5.74, 6) is -2.53. The van der Waals surface area contributed by atoms with Crippen LogP contribution >= 0.6 is 0 Å². The number of hydrogen-bond acceptors (Lipinski definition) is 6. The van der Waals surface area contributed by atoms with Gasteiger partial charge in [-0.25, -0.2) is 0 Å². The van der Waals surface area contributed by atoms with Crippen LogP contribution < -0.4 is 5.32 Å². The summed E-state index contributed by atoms with van der Waals surface area (Å²) >= 11 is 0. The van der Waals surface area contributed by atoms with Crippen LogP contribution in [0.25, 0.3) is 0 Å². The fourth-order valence-electron chi connectivity index (χ4n) is 5.50. The number of likely N-dealkylation sites (tertiary alicyclic amines) is 1. The van der Waals surface area contributed by atoms with Gasteiger partial charge in [-0.2, -0.15) is 0 Å². The van der Waals surface area contributed by atoms with E-state index in [1.807, 2.05) is 6.92 Å². The van der Waals surface area contributed by atoms with E-state index in [0.29, 0.717) is 19.4 Å². The average Bonchev–Trinajstić information content (AvgIpc) is 3.25. The Labute approximate surface area is 172 Å². The molecule has 8 heteroatoms. The van der Waals surface area contributed by atoms with E-state index in [-0.39, 0.29) is 25.0 Å². The lowest BCUT2D eigenvalue weighted by Crippen LogP contribution is -2.57. The molecule has 2 unspecified atom stereocenters. The predicted octanol–water partition coefficient (Wildman–Crippen LogP) is 1.00. The van der Waals surface area contributed by atoms with Crippen LogP contribution in [0.2, 0.25) is 0 Å². The van der Waals surface area contributed by atoms with Crippen molar-refractivity contribution in [3.63, 3.8) is 0 Å². The lowest BCUT2D eigenvalue weighted by atomic mass is 9.66. The minimum atomic E-state index is -1.05. The number of carbonyl (C=O) groups is 3. The lowest BCUT2D eigenvalue weighted by molar-refractivity contribution is -0.160. The summed E-state index contributed by atoms with van der Waals surface area (Å²) in [5, 5.41) is 12.7. The molecule has 3 fully saturated rings. The quantitative estimate of drug-likeness (QED) is 0.434. The number of rotatable bonds is 9. The molecule has 0 aliphatic carbocycles. The maximum Gasteiger partial charge on any atom is 0.312 e. The van der Waals surface area contributed by atoms with Crippen LogP contribution in [-0.4, -0.2) is 70.8 Å². The fourth-order valence-corrected chi connectivity index (χ4v) is 5.50. The van der Waals surface area contributed by atoms with Crippen molar-refractivity contribution in [2.75, 3.05) is 19.8 Å². The lowest BCUT2D eigenvalue weighted by Gasteiger charge is -2.35. The van der Waals surface area contributed by atoms with E-state index in [4.69, 9.17) is 9.47 Å². The van der Waals surface area contributed by atoms with Crippen LogP contribution in [0, 0.1) is 11.8 Å². The Kier molecular flexibility index (Phi) is 6.24. The highest BCUT2D eigenvalue weighted by molar-refractivity contribution is 5.98. The number of unbranched alkanes of at least 4 members (excludes halogenated alkanes) is 2. The number of aliphatic hydroxyl groups excluding tert-OH is 1. The van der Waals surface area contributed by atoms with Crippen molar-refractivity contribution < 1.29 is 29.0 Å². The standard InChI is InChI=1S/C21H34N2O6/c1-5-7-8-11-22-17(25)16-21-10-9-20(4,29-21)15(19(27)28-6-2)14(21)18(26)23(16)13(3)12-24/h13-16,24H,5-12H2,1-4H3,(H,22,25)/t13-,14+,15-,16?,20+,21?/m1/s1. The second kappa shape index (κ2) is 8.22. The largest absolute Gasteiger partial charge is 0.466 e. The molecule has 2 bridgehead atoms. The number of carbonyl (C=O) groups excluding carboxylic acids is 3. The van der Waals surface area contributed by atoms with Crippen molar-refractivity contribution in [1.82, 2.24) is 10.2 Å². The zero-order valence-electron chi connectivity index (χ0n) is 17.9. The number of aliphatic hydroxyl groups is 1. The minimum Gasteiger partial charge on any atom is -0.466 e. The highest BCUT2D eigenvalue weighted by Crippen LogP contribution is 2.63. The van der Waals surface area contributed by atoms with Gasteiger partial charge in [-0.1, -0.05) is 19.8 Å². The third-order valence-corrected chi connectivity index (χ3v) is 6.82. The van der Waals surface area contributed by atoms with E-state index in [9.17, 15) is 19.5 Å². The first-order chi connectivity index (χ1) is 13.8. The zero-order valence-corrected chi connectivity index (χ0v) is 17.9. The highest BCUT2D eigenvalue weighted by atomic mass is 16.6.